The number of rotatable bonds is 3. The summed E-state index contributed by atoms with van der Waals surface area (Å²) in [5.41, 5.74) is 3.09. The summed E-state index contributed by atoms with van der Waals surface area (Å²) in [6.07, 6.45) is 3.67. The Kier molecular flexibility index (Phi) is 4.63. The standard InChI is InChI=1S/C26H18FNO4/c1-15-22(32-26(30)16-7-9-18(27)10-8-16)12-11-20-24(29)23(31-25(15)20)13-17-14-28(2)21-6-4-3-5-19(17)21/h3-14H,1-2H3/b23-13+. The monoisotopic (exact) mass is 427 g/mol. The highest BCUT2D eigenvalue weighted by Gasteiger charge is 2.31. The van der Waals surface area contributed by atoms with Gasteiger partial charge in [-0.05, 0) is 55.5 Å². The van der Waals surface area contributed by atoms with Crippen molar-refractivity contribution in [3.8, 4) is 11.5 Å². The number of fused-ring (bicyclic) bond motifs is 2. The fraction of sp³-hybridized carbons (Fsp3) is 0.0769. The lowest BCUT2D eigenvalue weighted by molar-refractivity contribution is 0.0733. The van der Waals surface area contributed by atoms with Gasteiger partial charge in [0, 0.05) is 35.3 Å². The molecule has 0 bridgehead atoms. The number of hydrogen-bond donors (Lipinski definition) is 0. The Morgan fingerprint density at radius 3 is 2.59 bits per heavy atom. The maximum atomic E-state index is 13.1. The number of hydrogen-bond acceptors (Lipinski definition) is 4. The SMILES string of the molecule is Cc1c(OC(=O)c2ccc(F)cc2)ccc2c1O/C(=C/c1cn(C)c3ccccc13)C2=O. The first-order valence-electron chi connectivity index (χ1n) is 10.0. The van der Waals surface area contributed by atoms with Crippen LogP contribution in [0.15, 0.2) is 72.6 Å². The normalized spacial score (nSPS) is 14.0. The molecule has 0 atom stereocenters. The smallest absolute Gasteiger partial charge is 0.343 e. The minimum Gasteiger partial charge on any atom is -0.452 e. The van der Waals surface area contributed by atoms with E-state index in [2.05, 4.69) is 0 Å². The summed E-state index contributed by atoms with van der Waals surface area (Å²) >= 11 is 0. The summed E-state index contributed by atoms with van der Waals surface area (Å²) in [6.45, 7) is 1.72. The third-order valence-electron chi connectivity index (χ3n) is 5.53. The second-order valence-electron chi connectivity index (χ2n) is 7.61. The number of para-hydroxylation sites is 1. The van der Waals surface area contributed by atoms with E-state index in [1.54, 1.807) is 25.1 Å². The molecule has 0 amide bonds. The molecule has 2 heterocycles. The van der Waals surface area contributed by atoms with E-state index in [0.717, 1.165) is 16.5 Å². The topological polar surface area (TPSA) is 57.5 Å². The van der Waals surface area contributed by atoms with Gasteiger partial charge in [0.2, 0.25) is 5.78 Å². The van der Waals surface area contributed by atoms with E-state index < -0.39 is 11.8 Å². The van der Waals surface area contributed by atoms with E-state index in [4.69, 9.17) is 9.47 Å². The first-order valence-corrected chi connectivity index (χ1v) is 10.0. The van der Waals surface area contributed by atoms with E-state index in [9.17, 15) is 14.0 Å². The molecule has 0 aliphatic carbocycles. The number of esters is 1. The van der Waals surface area contributed by atoms with Crippen LogP contribution in [0.25, 0.3) is 17.0 Å². The van der Waals surface area contributed by atoms with Crippen LogP contribution in [0.4, 0.5) is 4.39 Å². The van der Waals surface area contributed by atoms with Gasteiger partial charge in [-0.15, -0.1) is 0 Å². The molecule has 0 unspecified atom stereocenters. The van der Waals surface area contributed by atoms with Gasteiger partial charge >= 0.3 is 5.97 Å². The van der Waals surface area contributed by atoms with Crippen LogP contribution in [0.3, 0.4) is 0 Å². The van der Waals surface area contributed by atoms with Gasteiger partial charge in [0.15, 0.2) is 5.76 Å². The van der Waals surface area contributed by atoms with Gasteiger partial charge in [-0.2, -0.15) is 0 Å². The molecule has 0 saturated carbocycles. The summed E-state index contributed by atoms with van der Waals surface area (Å²) in [5, 5.41) is 1.01. The second-order valence-corrected chi connectivity index (χ2v) is 7.61. The number of allylic oxidation sites excluding steroid dienone is 1. The quantitative estimate of drug-likeness (QED) is 0.247. The molecule has 0 fully saturated rings. The Bertz CT molecular complexity index is 1430. The van der Waals surface area contributed by atoms with Crippen LogP contribution >= 0.6 is 0 Å². The number of carbonyl (C=O) groups excluding carboxylic acids is 2. The molecule has 1 aromatic heterocycles. The zero-order chi connectivity index (χ0) is 22.4. The number of ether oxygens (including phenoxy) is 2. The lowest BCUT2D eigenvalue weighted by Crippen LogP contribution is -2.09. The Labute approximate surface area is 183 Å². The summed E-state index contributed by atoms with van der Waals surface area (Å²) in [4.78, 5) is 25.3. The molecule has 1 aliphatic rings. The van der Waals surface area contributed by atoms with Crippen molar-refractivity contribution < 1.29 is 23.5 Å². The predicted octanol–water partition coefficient (Wildman–Crippen LogP) is 5.46. The minimum absolute atomic E-state index is 0.210. The number of aromatic nitrogens is 1. The van der Waals surface area contributed by atoms with Crippen molar-refractivity contribution in [1.82, 2.24) is 4.57 Å². The highest BCUT2D eigenvalue weighted by molar-refractivity contribution is 6.15. The van der Waals surface area contributed by atoms with Crippen LogP contribution in [0, 0.1) is 12.7 Å². The van der Waals surface area contributed by atoms with Gasteiger partial charge in [0.25, 0.3) is 0 Å². The van der Waals surface area contributed by atoms with E-state index in [0.29, 0.717) is 16.9 Å². The van der Waals surface area contributed by atoms with Crippen LogP contribution in [0.5, 0.6) is 11.5 Å². The van der Waals surface area contributed by atoms with Crippen LogP contribution in [0.2, 0.25) is 0 Å². The van der Waals surface area contributed by atoms with Crippen molar-refractivity contribution in [3.63, 3.8) is 0 Å². The van der Waals surface area contributed by atoms with Gasteiger partial charge in [-0.25, -0.2) is 9.18 Å². The fourth-order valence-electron chi connectivity index (χ4n) is 3.85. The zero-order valence-corrected chi connectivity index (χ0v) is 17.4. The van der Waals surface area contributed by atoms with E-state index >= 15 is 0 Å². The number of ketones is 1. The maximum absolute atomic E-state index is 13.1. The molecule has 5 nitrogen and oxygen atoms in total. The maximum Gasteiger partial charge on any atom is 0.343 e. The predicted molar refractivity (Wildman–Crippen MR) is 118 cm³/mol. The van der Waals surface area contributed by atoms with Crippen molar-refractivity contribution in [2.24, 2.45) is 7.05 Å². The number of carbonyl (C=O) groups is 2. The van der Waals surface area contributed by atoms with Crippen LogP contribution < -0.4 is 9.47 Å². The number of aryl methyl sites for hydroxylation is 1. The highest BCUT2D eigenvalue weighted by Crippen LogP contribution is 2.40. The molecular formula is C26H18FNO4. The van der Waals surface area contributed by atoms with Crippen molar-refractivity contribution in [2.75, 3.05) is 0 Å². The molecule has 1 aliphatic heterocycles. The Hall–Kier alpha value is -4.19. The number of Topliss-reactive ketones (excluding diaryl/α,β-unsaturated/α-hetero) is 1. The van der Waals surface area contributed by atoms with Crippen LogP contribution in [0.1, 0.15) is 31.8 Å². The average Bonchev–Trinajstić information content (AvgIpc) is 3.28. The van der Waals surface area contributed by atoms with Gasteiger partial charge in [0.1, 0.15) is 17.3 Å². The van der Waals surface area contributed by atoms with Gasteiger partial charge in [-0.3, -0.25) is 4.79 Å². The number of benzene rings is 3. The molecule has 6 heteroatoms. The molecule has 0 saturated heterocycles. The largest absolute Gasteiger partial charge is 0.452 e. The molecule has 32 heavy (non-hydrogen) atoms. The Balaban J connectivity index is 1.46. The van der Waals surface area contributed by atoms with Crippen molar-refractivity contribution in [3.05, 3.63) is 101 Å². The first-order chi connectivity index (χ1) is 15.4. The average molecular weight is 427 g/mol. The third kappa shape index (κ3) is 3.26. The van der Waals surface area contributed by atoms with Gasteiger partial charge in [-0.1, -0.05) is 18.2 Å². The van der Waals surface area contributed by atoms with Crippen molar-refractivity contribution in [2.45, 2.75) is 6.92 Å². The molecule has 3 aromatic carbocycles. The number of nitrogens with zero attached hydrogens (tertiary/aromatic N) is 1. The fourth-order valence-corrected chi connectivity index (χ4v) is 3.85. The van der Waals surface area contributed by atoms with Crippen molar-refractivity contribution >= 4 is 28.7 Å². The van der Waals surface area contributed by atoms with Crippen molar-refractivity contribution in [1.29, 1.82) is 0 Å². The summed E-state index contributed by atoms with van der Waals surface area (Å²) in [6, 6.07) is 16.2. The van der Waals surface area contributed by atoms with E-state index in [-0.39, 0.29) is 22.9 Å². The first kappa shape index (κ1) is 19.8. The molecule has 158 valence electrons. The lowest BCUT2D eigenvalue weighted by Gasteiger charge is -2.10. The molecule has 4 aromatic rings. The van der Waals surface area contributed by atoms with Gasteiger partial charge in [0.05, 0.1) is 11.1 Å². The van der Waals surface area contributed by atoms with Gasteiger partial charge < -0.3 is 14.0 Å². The van der Waals surface area contributed by atoms with E-state index in [1.807, 2.05) is 42.1 Å². The number of halogens is 1. The minimum atomic E-state index is -0.621. The van der Waals surface area contributed by atoms with E-state index in [1.165, 1.54) is 24.3 Å². The molecule has 0 radical (unpaired) electrons. The molecular weight excluding hydrogens is 409 g/mol. The highest BCUT2D eigenvalue weighted by atomic mass is 19.1. The second kappa shape index (κ2) is 7.50. The zero-order valence-electron chi connectivity index (χ0n) is 17.4. The summed E-state index contributed by atoms with van der Waals surface area (Å²) in [7, 11) is 1.95. The summed E-state index contributed by atoms with van der Waals surface area (Å²) < 4.78 is 26.5. The molecule has 5 rings (SSSR count). The Morgan fingerprint density at radius 2 is 1.81 bits per heavy atom. The lowest BCUT2D eigenvalue weighted by atomic mass is 10.1. The summed E-state index contributed by atoms with van der Waals surface area (Å²) in [5.74, 6) is -0.436. The van der Waals surface area contributed by atoms with Crippen LogP contribution in [-0.2, 0) is 7.05 Å². The Morgan fingerprint density at radius 1 is 1.06 bits per heavy atom. The third-order valence-corrected chi connectivity index (χ3v) is 5.53. The van der Waals surface area contributed by atoms with Crippen LogP contribution in [-0.4, -0.2) is 16.3 Å². The molecule has 0 spiro atoms. The molecule has 0 N–H and O–H groups in total.